The Labute approximate surface area is 162 Å². The van der Waals surface area contributed by atoms with Crippen molar-refractivity contribution in [1.82, 2.24) is 29.2 Å². The van der Waals surface area contributed by atoms with Crippen molar-refractivity contribution in [3.63, 3.8) is 0 Å². The van der Waals surface area contributed by atoms with E-state index in [0.717, 1.165) is 24.5 Å². The van der Waals surface area contributed by atoms with Gasteiger partial charge in [0.1, 0.15) is 11.6 Å². The van der Waals surface area contributed by atoms with E-state index in [1.54, 1.807) is 35.6 Å². The van der Waals surface area contributed by atoms with Gasteiger partial charge in [-0.1, -0.05) is 12.1 Å². The highest BCUT2D eigenvalue weighted by molar-refractivity contribution is 5.89. The van der Waals surface area contributed by atoms with Crippen molar-refractivity contribution >= 4 is 11.7 Å². The van der Waals surface area contributed by atoms with Gasteiger partial charge in [-0.15, -0.1) is 10.2 Å². The number of benzene rings is 1. The molecule has 3 heterocycles. The zero-order valence-corrected chi connectivity index (χ0v) is 15.6. The molecule has 1 N–H and O–H groups in total. The van der Waals surface area contributed by atoms with Crippen LogP contribution < -0.4 is 5.32 Å². The lowest BCUT2D eigenvalue weighted by Gasteiger charge is -2.32. The number of urea groups is 1. The fraction of sp³-hybridized carbons (Fsp3) is 0.368. The van der Waals surface area contributed by atoms with Crippen LogP contribution in [0.3, 0.4) is 0 Å². The molecule has 4 rings (SSSR count). The number of aromatic nitrogens is 5. The average Bonchev–Trinajstić information content (AvgIpc) is 3.34. The predicted molar refractivity (Wildman–Crippen MR) is 101 cm³/mol. The average molecular weight is 383 g/mol. The molecular formula is C19H22FN7O. The molecule has 1 aliphatic rings. The number of carbonyl (C=O) groups excluding carboxylic acids is 1. The summed E-state index contributed by atoms with van der Waals surface area (Å²) in [7, 11) is 1.94. The van der Waals surface area contributed by atoms with Crippen LogP contribution >= 0.6 is 0 Å². The van der Waals surface area contributed by atoms with E-state index in [1.807, 2.05) is 22.4 Å². The van der Waals surface area contributed by atoms with E-state index in [9.17, 15) is 9.18 Å². The van der Waals surface area contributed by atoms with E-state index in [2.05, 4.69) is 20.5 Å². The van der Waals surface area contributed by atoms with E-state index in [0.29, 0.717) is 19.6 Å². The molecule has 2 aromatic heterocycles. The minimum atomic E-state index is -0.443. The molecule has 0 spiro atoms. The number of carbonyl (C=O) groups is 1. The highest BCUT2D eigenvalue weighted by atomic mass is 19.1. The number of amides is 2. The fourth-order valence-electron chi connectivity index (χ4n) is 3.54. The molecule has 8 nitrogen and oxygen atoms in total. The molecule has 1 aliphatic heterocycles. The Morgan fingerprint density at radius 3 is 2.96 bits per heavy atom. The predicted octanol–water partition coefficient (Wildman–Crippen LogP) is 2.61. The van der Waals surface area contributed by atoms with Crippen molar-refractivity contribution in [3.8, 4) is 0 Å². The number of nitrogens with zero attached hydrogens (tertiary/aromatic N) is 6. The molecule has 146 valence electrons. The van der Waals surface area contributed by atoms with Crippen molar-refractivity contribution in [2.75, 3.05) is 18.4 Å². The van der Waals surface area contributed by atoms with Gasteiger partial charge in [-0.3, -0.25) is 0 Å². The van der Waals surface area contributed by atoms with Crippen LogP contribution in [-0.4, -0.2) is 48.3 Å². The first-order chi connectivity index (χ1) is 13.6. The quantitative estimate of drug-likeness (QED) is 0.751. The topological polar surface area (TPSA) is 80.9 Å². The highest BCUT2D eigenvalue weighted by Gasteiger charge is 2.28. The summed E-state index contributed by atoms with van der Waals surface area (Å²) in [5.41, 5.74) is 0.191. The Bertz CT molecular complexity index is 953. The van der Waals surface area contributed by atoms with Gasteiger partial charge < -0.3 is 19.4 Å². The molecule has 1 aromatic carbocycles. The zero-order chi connectivity index (χ0) is 19.5. The molecule has 0 bridgehead atoms. The number of likely N-dealkylation sites (tertiary alicyclic amines) is 1. The number of anilines is 1. The van der Waals surface area contributed by atoms with Crippen molar-refractivity contribution in [2.24, 2.45) is 7.05 Å². The summed E-state index contributed by atoms with van der Waals surface area (Å²) in [4.78, 5) is 18.3. The second kappa shape index (κ2) is 7.79. The van der Waals surface area contributed by atoms with E-state index in [4.69, 9.17) is 0 Å². The number of nitrogens with one attached hydrogen (secondary N) is 1. The first-order valence-corrected chi connectivity index (χ1v) is 9.26. The lowest BCUT2D eigenvalue weighted by atomic mass is 9.97. The van der Waals surface area contributed by atoms with Gasteiger partial charge in [-0.25, -0.2) is 14.2 Å². The van der Waals surface area contributed by atoms with Crippen LogP contribution in [0.5, 0.6) is 0 Å². The molecule has 1 unspecified atom stereocenters. The molecule has 28 heavy (non-hydrogen) atoms. The van der Waals surface area contributed by atoms with Crippen LogP contribution in [0.15, 0.2) is 43.0 Å². The summed E-state index contributed by atoms with van der Waals surface area (Å²) in [5.74, 6) is 1.34. The van der Waals surface area contributed by atoms with E-state index in [-0.39, 0.29) is 17.6 Å². The van der Waals surface area contributed by atoms with Crippen molar-refractivity contribution in [3.05, 3.63) is 60.5 Å². The summed E-state index contributed by atoms with van der Waals surface area (Å²) < 4.78 is 17.7. The second-order valence-corrected chi connectivity index (χ2v) is 6.96. The minimum Gasteiger partial charge on any atom is -0.330 e. The summed E-state index contributed by atoms with van der Waals surface area (Å²) in [6, 6.07) is 5.88. The Hall–Kier alpha value is -3.23. The van der Waals surface area contributed by atoms with Gasteiger partial charge in [-0.05, 0) is 25.0 Å². The van der Waals surface area contributed by atoms with Crippen LogP contribution in [-0.2, 0) is 13.6 Å². The fourth-order valence-corrected chi connectivity index (χ4v) is 3.54. The number of rotatable bonds is 4. The third kappa shape index (κ3) is 3.73. The number of para-hydroxylation sites is 1. The minimum absolute atomic E-state index is 0.0918. The molecule has 0 aliphatic carbocycles. The Morgan fingerprint density at radius 1 is 1.32 bits per heavy atom. The van der Waals surface area contributed by atoms with Crippen molar-refractivity contribution in [2.45, 2.75) is 25.3 Å². The first kappa shape index (κ1) is 18.1. The van der Waals surface area contributed by atoms with E-state index < -0.39 is 5.82 Å². The maximum Gasteiger partial charge on any atom is 0.321 e. The maximum absolute atomic E-state index is 13.8. The lowest BCUT2D eigenvalue weighted by Crippen LogP contribution is -2.42. The summed E-state index contributed by atoms with van der Waals surface area (Å²) in [6.07, 6.45) is 7.14. The number of hydrogen-bond acceptors (Lipinski definition) is 4. The van der Waals surface area contributed by atoms with E-state index in [1.165, 1.54) is 6.07 Å². The van der Waals surface area contributed by atoms with Gasteiger partial charge in [0.15, 0.2) is 5.82 Å². The molecule has 1 saturated heterocycles. The summed E-state index contributed by atoms with van der Waals surface area (Å²) >= 11 is 0. The van der Waals surface area contributed by atoms with Gasteiger partial charge >= 0.3 is 6.03 Å². The monoisotopic (exact) mass is 383 g/mol. The van der Waals surface area contributed by atoms with E-state index >= 15 is 0 Å². The van der Waals surface area contributed by atoms with Crippen molar-refractivity contribution in [1.29, 1.82) is 0 Å². The molecule has 1 atom stereocenters. The second-order valence-electron chi connectivity index (χ2n) is 6.96. The Balaban J connectivity index is 1.44. The third-order valence-electron chi connectivity index (χ3n) is 5.07. The van der Waals surface area contributed by atoms with Crippen molar-refractivity contribution < 1.29 is 9.18 Å². The lowest BCUT2D eigenvalue weighted by molar-refractivity contribution is 0.190. The molecule has 0 saturated carbocycles. The molecule has 2 amide bonds. The SMILES string of the molecule is Cn1c(Cn2ccnc2)nnc1C1CCCN(C(=O)Nc2ccccc2F)C1. The van der Waals surface area contributed by atoms with Crippen LogP contribution in [0.25, 0.3) is 0 Å². The van der Waals surface area contributed by atoms with Crippen LogP contribution in [0.2, 0.25) is 0 Å². The summed E-state index contributed by atoms with van der Waals surface area (Å²) in [5, 5.41) is 11.3. The van der Waals surface area contributed by atoms with Gasteiger partial charge in [0.2, 0.25) is 0 Å². The Kier molecular flexibility index (Phi) is 5.05. The van der Waals surface area contributed by atoms with Crippen LogP contribution in [0.1, 0.15) is 30.4 Å². The summed E-state index contributed by atoms with van der Waals surface area (Å²) in [6.45, 7) is 1.75. The van der Waals surface area contributed by atoms with Gasteiger partial charge in [0.05, 0.1) is 18.6 Å². The molecular weight excluding hydrogens is 361 g/mol. The third-order valence-corrected chi connectivity index (χ3v) is 5.07. The molecule has 0 radical (unpaired) electrons. The smallest absolute Gasteiger partial charge is 0.321 e. The number of imidazole rings is 1. The van der Waals surface area contributed by atoms with Gasteiger partial charge in [-0.2, -0.15) is 0 Å². The largest absolute Gasteiger partial charge is 0.330 e. The Morgan fingerprint density at radius 2 is 2.18 bits per heavy atom. The molecule has 9 heteroatoms. The maximum atomic E-state index is 13.8. The standard InChI is InChI=1S/C19H22FN7O/c1-25-17(12-26-10-8-21-13-26)23-24-18(25)14-5-4-9-27(11-14)19(28)22-16-7-3-2-6-15(16)20/h2-3,6-8,10,13-14H,4-5,9,11-12H2,1H3,(H,22,28). The van der Waals surface area contributed by atoms with Crippen LogP contribution in [0.4, 0.5) is 14.9 Å². The first-order valence-electron chi connectivity index (χ1n) is 9.26. The number of hydrogen-bond donors (Lipinski definition) is 1. The number of halogens is 1. The number of piperidine rings is 1. The van der Waals surface area contributed by atoms with Gasteiger partial charge in [0.25, 0.3) is 0 Å². The molecule has 1 fully saturated rings. The zero-order valence-electron chi connectivity index (χ0n) is 15.6. The highest BCUT2D eigenvalue weighted by Crippen LogP contribution is 2.26. The van der Waals surface area contributed by atoms with Gasteiger partial charge in [0, 0.05) is 38.4 Å². The van der Waals surface area contributed by atoms with Crippen LogP contribution in [0, 0.1) is 5.82 Å². The normalized spacial score (nSPS) is 16.9. The molecule has 3 aromatic rings.